The van der Waals surface area contributed by atoms with Gasteiger partial charge in [-0.3, -0.25) is 0 Å². The van der Waals surface area contributed by atoms with Gasteiger partial charge in [0, 0.05) is 5.69 Å². The minimum atomic E-state index is -0.125. The predicted octanol–water partition coefficient (Wildman–Crippen LogP) is 4.01. The zero-order valence-electron chi connectivity index (χ0n) is 11.7. The Hall–Kier alpha value is -2.47. The van der Waals surface area contributed by atoms with Crippen molar-refractivity contribution in [3.8, 4) is 11.8 Å². The molecule has 1 N–H and O–H groups in total. The summed E-state index contributed by atoms with van der Waals surface area (Å²) >= 11 is 0. The van der Waals surface area contributed by atoms with Gasteiger partial charge in [0.05, 0.1) is 25.1 Å². The zero-order chi connectivity index (χ0) is 14.4. The van der Waals surface area contributed by atoms with Gasteiger partial charge in [0.15, 0.2) is 0 Å². The van der Waals surface area contributed by atoms with Gasteiger partial charge in [-0.05, 0) is 36.8 Å². The monoisotopic (exact) mass is 266 g/mol. The van der Waals surface area contributed by atoms with Crippen molar-refractivity contribution in [2.24, 2.45) is 5.92 Å². The lowest BCUT2D eigenvalue weighted by molar-refractivity contribution is 0.415. The van der Waals surface area contributed by atoms with E-state index >= 15 is 0 Å². The van der Waals surface area contributed by atoms with Crippen LogP contribution in [0.1, 0.15) is 18.5 Å². The minimum absolute atomic E-state index is 0.0328. The first-order valence-corrected chi connectivity index (χ1v) is 6.59. The molecule has 0 aliphatic rings. The van der Waals surface area contributed by atoms with E-state index in [2.05, 4.69) is 11.4 Å². The number of benzene rings is 2. The van der Waals surface area contributed by atoms with Gasteiger partial charge in [-0.25, -0.2) is 0 Å². The SMILES string of the molecule is COc1ccc(NC(c2ccccc2)C(C)C#N)cc1. The molecule has 0 saturated carbocycles. The molecule has 102 valence electrons. The lowest BCUT2D eigenvalue weighted by atomic mass is 9.95. The average molecular weight is 266 g/mol. The fourth-order valence-electron chi connectivity index (χ4n) is 2.10. The molecular weight excluding hydrogens is 248 g/mol. The van der Waals surface area contributed by atoms with Gasteiger partial charge in [-0.15, -0.1) is 0 Å². The standard InChI is InChI=1S/C17H18N2O/c1-13(12-18)17(14-6-4-3-5-7-14)19-15-8-10-16(20-2)11-9-15/h3-11,13,17,19H,1-2H3. The second kappa shape index (κ2) is 6.63. The van der Waals surface area contributed by atoms with Crippen LogP contribution in [-0.2, 0) is 0 Å². The Morgan fingerprint density at radius 1 is 1.05 bits per heavy atom. The molecule has 2 atom stereocenters. The maximum absolute atomic E-state index is 9.22. The number of ether oxygens (including phenoxy) is 1. The quantitative estimate of drug-likeness (QED) is 0.889. The number of nitriles is 1. The molecule has 20 heavy (non-hydrogen) atoms. The summed E-state index contributed by atoms with van der Waals surface area (Å²) in [5.74, 6) is 0.694. The van der Waals surface area contributed by atoms with Crippen LogP contribution in [0, 0.1) is 17.2 Å². The van der Waals surface area contributed by atoms with Crippen molar-refractivity contribution in [1.82, 2.24) is 0 Å². The summed E-state index contributed by atoms with van der Waals surface area (Å²) < 4.78 is 5.15. The second-order valence-corrected chi connectivity index (χ2v) is 4.68. The number of rotatable bonds is 5. The van der Waals surface area contributed by atoms with Gasteiger partial charge in [0.2, 0.25) is 0 Å². The maximum Gasteiger partial charge on any atom is 0.119 e. The van der Waals surface area contributed by atoms with E-state index in [1.807, 2.05) is 61.5 Å². The molecule has 3 nitrogen and oxygen atoms in total. The lowest BCUT2D eigenvalue weighted by Gasteiger charge is -2.22. The molecule has 0 saturated heterocycles. The van der Waals surface area contributed by atoms with Crippen LogP contribution in [0.3, 0.4) is 0 Å². The Labute approximate surface area is 119 Å². The molecule has 0 spiro atoms. The van der Waals surface area contributed by atoms with Gasteiger partial charge in [0.1, 0.15) is 5.75 Å². The largest absolute Gasteiger partial charge is 0.497 e. The van der Waals surface area contributed by atoms with Crippen molar-refractivity contribution in [2.75, 3.05) is 12.4 Å². The topological polar surface area (TPSA) is 45.0 Å². The summed E-state index contributed by atoms with van der Waals surface area (Å²) in [7, 11) is 1.65. The fraction of sp³-hybridized carbons (Fsp3) is 0.235. The first-order valence-electron chi connectivity index (χ1n) is 6.59. The van der Waals surface area contributed by atoms with Crippen molar-refractivity contribution < 1.29 is 4.74 Å². The van der Waals surface area contributed by atoms with Gasteiger partial charge in [-0.1, -0.05) is 30.3 Å². The number of hydrogen-bond acceptors (Lipinski definition) is 3. The van der Waals surface area contributed by atoms with Gasteiger partial charge in [-0.2, -0.15) is 5.26 Å². The third-order valence-corrected chi connectivity index (χ3v) is 3.27. The summed E-state index contributed by atoms with van der Waals surface area (Å²) in [6, 6.07) is 20.0. The molecule has 0 fully saturated rings. The van der Waals surface area contributed by atoms with Crippen LogP contribution in [0.15, 0.2) is 54.6 Å². The Kier molecular flexibility index (Phi) is 4.62. The summed E-state index contributed by atoms with van der Waals surface area (Å²) in [6.45, 7) is 1.92. The highest BCUT2D eigenvalue weighted by molar-refractivity contribution is 5.48. The van der Waals surface area contributed by atoms with Crippen LogP contribution < -0.4 is 10.1 Å². The summed E-state index contributed by atoms with van der Waals surface area (Å²) in [5, 5.41) is 12.6. The van der Waals surface area contributed by atoms with Crippen LogP contribution in [0.25, 0.3) is 0 Å². The Morgan fingerprint density at radius 2 is 1.70 bits per heavy atom. The summed E-state index contributed by atoms with van der Waals surface area (Å²) in [5.41, 5.74) is 2.08. The molecule has 2 rings (SSSR count). The molecule has 2 aromatic carbocycles. The first-order chi connectivity index (χ1) is 9.74. The average Bonchev–Trinajstić information content (AvgIpc) is 2.53. The molecule has 0 aliphatic carbocycles. The minimum Gasteiger partial charge on any atom is -0.497 e. The van der Waals surface area contributed by atoms with E-state index in [0.29, 0.717) is 0 Å². The fourth-order valence-corrected chi connectivity index (χ4v) is 2.10. The van der Waals surface area contributed by atoms with Crippen molar-refractivity contribution in [1.29, 1.82) is 5.26 Å². The third kappa shape index (κ3) is 3.30. The molecule has 3 heteroatoms. The highest BCUT2D eigenvalue weighted by Crippen LogP contribution is 2.27. The molecule has 0 radical (unpaired) electrons. The summed E-state index contributed by atoms with van der Waals surface area (Å²) in [6.07, 6.45) is 0. The van der Waals surface area contributed by atoms with Crippen LogP contribution in [-0.4, -0.2) is 7.11 Å². The smallest absolute Gasteiger partial charge is 0.119 e. The second-order valence-electron chi connectivity index (χ2n) is 4.68. The summed E-state index contributed by atoms with van der Waals surface area (Å²) in [4.78, 5) is 0. The molecule has 2 aromatic rings. The van der Waals surface area contributed by atoms with Crippen molar-refractivity contribution in [2.45, 2.75) is 13.0 Å². The van der Waals surface area contributed by atoms with Crippen LogP contribution in [0.5, 0.6) is 5.75 Å². The lowest BCUT2D eigenvalue weighted by Crippen LogP contribution is -2.17. The van der Waals surface area contributed by atoms with Crippen LogP contribution in [0.4, 0.5) is 5.69 Å². The Balaban J connectivity index is 2.22. The molecule has 2 unspecified atom stereocenters. The van der Waals surface area contributed by atoms with E-state index in [1.165, 1.54) is 0 Å². The molecule has 0 amide bonds. The van der Waals surface area contributed by atoms with E-state index in [4.69, 9.17) is 4.74 Å². The van der Waals surface area contributed by atoms with E-state index in [9.17, 15) is 5.26 Å². The van der Waals surface area contributed by atoms with E-state index in [1.54, 1.807) is 7.11 Å². The molecule has 0 aromatic heterocycles. The Bertz CT molecular complexity index is 572. The number of anilines is 1. The number of nitrogens with zero attached hydrogens (tertiary/aromatic N) is 1. The highest BCUT2D eigenvalue weighted by atomic mass is 16.5. The Morgan fingerprint density at radius 3 is 2.25 bits per heavy atom. The molecule has 0 aliphatic heterocycles. The maximum atomic E-state index is 9.22. The van der Waals surface area contributed by atoms with Gasteiger partial charge < -0.3 is 10.1 Å². The number of nitrogens with one attached hydrogen (secondary N) is 1. The van der Waals surface area contributed by atoms with Crippen molar-refractivity contribution in [3.63, 3.8) is 0 Å². The number of methoxy groups -OCH3 is 1. The van der Waals surface area contributed by atoms with Crippen LogP contribution >= 0.6 is 0 Å². The van der Waals surface area contributed by atoms with Gasteiger partial charge >= 0.3 is 0 Å². The number of hydrogen-bond donors (Lipinski definition) is 1. The van der Waals surface area contributed by atoms with E-state index < -0.39 is 0 Å². The van der Waals surface area contributed by atoms with Crippen LogP contribution in [0.2, 0.25) is 0 Å². The molecular formula is C17H18N2O. The normalized spacial score (nSPS) is 13.1. The van der Waals surface area contributed by atoms with Gasteiger partial charge in [0.25, 0.3) is 0 Å². The zero-order valence-corrected chi connectivity index (χ0v) is 11.7. The third-order valence-electron chi connectivity index (χ3n) is 3.27. The van der Waals surface area contributed by atoms with E-state index in [0.717, 1.165) is 17.0 Å². The molecule has 0 heterocycles. The van der Waals surface area contributed by atoms with E-state index in [-0.39, 0.29) is 12.0 Å². The predicted molar refractivity (Wildman–Crippen MR) is 80.6 cm³/mol. The van der Waals surface area contributed by atoms with Crippen molar-refractivity contribution >= 4 is 5.69 Å². The molecule has 0 bridgehead atoms. The highest BCUT2D eigenvalue weighted by Gasteiger charge is 2.18. The first kappa shape index (κ1) is 14.0. The van der Waals surface area contributed by atoms with Crippen molar-refractivity contribution in [3.05, 3.63) is 60.2 Å².